The van der Waals surface area contributed by atoms with Crippen molar-refractivity contribution in [3.05, 3.63) is 40.9 Å². The molecular formula is C16H18ClNO. The van der Waals surface area contributed by atoms with Gasteiger partial charge in [-0.3, -0.25) is 0 Å². The van der Waals surface area contributed by atoms with Crippen molar-refractivity contribution in [2.24, 2.45) is 5.73 Å². The predicted octanol–water partition coefficient (Wildman–Crippen LogP) is 3.88. The van der Waals surface area contributed by atoms with Crippen LogP contribution in [-0.2, 0) is 5.41 Å². The van der Waals surface area contributed by atoms with Gasteiger partial charge in [0.15, 0.2) is 0 Å². The highest BCUT2D eigenvalue weighted by Gasteiger charge is 2.39. The quantitative estimate of drug-likeness (QED) is 0.923. The Morgan fingerprint density at radius 1 is 1.21 bits per heavy atom. The van der Waals surface area contributed by atoms with Crippen LogP contribution in [0.2, 0.25) is 5.02 Å². The molecule has 2 aromatic carbocycles. The van der Waals surface area contributed by atoms with Crippen LogP contribution in [0.25, 0.3) is 10.8 Å². The van der Waals surface area contributed by atoms with E-state index in [1.165, 1.54) is 12.0 Å². The van der Waals surface area contributed by atoms with Gasteiger partial charge in [0, 0.05) is 22.5 Å². The molecule has 0 saturated heterocycles. The van der Waals surface area contributed by atoms with Crippen LogP contribution in [0, 0.1) is 0 Å². The van der Waals surface area contributed by atoms with Crippen molar-refractivity contribution in [3.63, 3.8) is 0 Å². The van der Waals surface area contributed by atoms with Crippen molar-refractivity contribution in [2.75, 3.05) is 13.7 Å². The second-order valence-corrected chi connectivity index (χ2v) is 5.82. The van der Waals surface area contributed by atoms with Crippen LogP contribution in [0.4, 0.5) is 0 Å². The molecule has 100 valence electrons. The van der Waals surface area contributed by atoms with Gasteiger partial charge in [0.2, 0.25) is 0 Å². The van der Waals surface area contributed by atoms with Gasteiger partial charge in [0.1, 0.15) is 5.75 Å². The Kier molecular flexibility index (Phi) is 3.15. The molecule has 1 aliphatic rings. The predicted molar refractivity (Wildman–Crippen MR) is 80.1 cm³/mol. The molecule has 0 unspecified atom stereocenters. The average molecular weight is 276 g/mol. The van der Waals surface area contributed by atoms with Gasteiger partial charge in [0.05, 0.1) is 7.11 Å². The Bertz CT molecular complexity index is 614. The third-order valence-electron chi connectivity index (χ3n) is 4.39. The van der Waals surface area contributed by atoms with Gasteiger partial charge in [-0.2, -0.15) is 0 Å². The SMILES string of the molecule is COc1cc2ccc(Cl)cc2cc1C1(CN)CCC1. The molecule has 3 rings (SSSR count). The van der Waals surface area contributed by atoms with Gasteiger partial charge < -0.3 is 10.5 Å². The lowest BCUT2D eigenvalue weighted by Gasteiger charge is -2.42. The molecule has 1 saturated carbocycles. The van der Waals surface area contributed by atoms with Gasteiger partial charge in [-0.1, -0.05) is 24.1 Å². The summed E-state index contributed by atoms with van der Waals surface area (Å²) in [6, 6.07) is 10.2. The number of hydrogen-bond acceptors (Lipinski definition) is 2. The lowest BCUT2D eigenvalue weighted by atomic mass is 9.64. The van der Waals surface area contributed by atoms with Crippen molar-refractivity contribution in [1.29, 1.82) is 0 Å². The first kappa shape index (κ1) is 12.8. The molecule has 0 bridgehead atoms. The highest BCUT2D eigenvalue weighted by atomic mass is 35.5. The number of methoxy groups -OCH3 is 1. The molecule has 0 amide bonds. The zero-order valence-corrected chi connectivity index (χ0v) is 11.8. The fourth-order valence-electron chi connectivity index (χ4n) is 3.02. The topological polar surface area (TPSA) is 35.2 Å². The first-order valence-electron chi connectivity index (χ1n) is 6.66. The largest absolute Gasteiger partial charge is 0.496 e. The lowest BCUT2D eigenvalue weighted by molar-refractivity contribution is 0.244. The van der Waals surface area contributed by atoms with Crippen molar-refractivity contribution in [2.45, 2.75) is 24.7 Å². The van der Waals surface area contributed by atoms with E-state index in [1.54, 1.807) is 7.11 Å². The monoisotopic (exact) mass is 275 g/mol. The van der Waals surface area contributed by atoms with E-state index in [4.69, 9.17) is 22.1 Å². The number of rotatable bonds is 3. The lowest BCUT2D eigenvalue weighted by Crippen LogP contribution is -2.41. The summed E-state index contributed by atoms with van der Waals surface area (Å²) in [4.78, 5) is 0. The normalized spacial score (nSPS) is 17.2. The maximum Gasteiger partial charge on any atom is 0.123 e. The van der Waals surface area contributed by atoms with Crippen LogP contribution in [0.5, 0.6) is 5.75 Å². The summed E-state index contributed by atoms with van der Waals surface area (Å²) in [6.07, 6.45) is 3.53. The Labute approximate surface area is 118 Å². The molecule has 2 N–H and O–H groups in total. The average Bonchev–Trinajstić information content (AvgIpc) is 2.37. The third kappa shape index (κ3) is 1.99. The summed E-state index contributed by atoms with van der Waals surface area (Å²) >= 11 is 6.08. The van der Waals surface area contributed by atoms with Gasteiger partial charge in [0.25, 0.3) is 0 Å². The highest BCUT2D eigenvalue weighted by molar-refractivity contribution is 6.31. The van der Waals surface area contributed by atoms with Crippen LogP contribution < -0.4 is 10.5 Å². The molecule has 0 aromatic heterocycles. The third-order valence-corrected chi connectivity index (χ3v) is 4.63. The minimum absolute atomic E-state index is 0.0991. The fraction of sp³-hybridized carbons (Fsp3) is 0.375. The Hall–Kier alpha value is -1.25. The summed E-state index contributed by atoms with van der Waals surface area (Å²) in [5.41, 5.74) is 7.35. The van der Waals surface area contributed by atoms with Crippen LogP contribution in [0.3, 0.4) is 0 Å². The number of fused-ring (bicyclic) bond motifs is 1. The van der Waals surface area contributed by atoms with Crippen molar-refractivity contribution >= 4 is 22.4 Å². The molecule has 0 aliphatic heterocycles. The molecule has 0 atom stereocenters. The Morgan fingerprint density at radius 3 is 2.58 bits per heavy atom. The number of hydrogen-bond donors (Lipinski definition) is 1. The highest BCUT2D eigenvalue weighted by Crippen LogP contribution is 2.47. The molecule has 1 aliphatic carbocycles. The van der Waals surface area contributed by atoms with E-state index in [2.05, 4.69) is 12.1 Å². The zero-order valence-electron chi connectivity index (χ0n) is 11.1. The number of ether oxygens (including phenoxy) is 1. The van der Waals surface area contributed by atoms with Crippen molar-refractivity contribution in [1.82, 2.24) is 0 Å². The van der Waals surface area contributed by atoms with Gasteiger partial charge >= 0.3 is 0 Å². The summed E-state index contributed by atoms with van der Waals surface area (Å²) < 4.78 is 5.58. The maximum absolute atomic E-state index is 6.08. The number of nitrogens with two attached hydrogens (primary N) is 1. The first-order valence-corrected chi connectivity index (χ1v) is 7.04. The molecule has 19 heavy (non-hydrogen) atoms. The minimum atomic E-state index is 0.0991. The molecule has 0 heterocycles. The smallest absolute Gasteiger partial charge is 0.123 e. The van der Waals surface area contributed by atoms with Crippen LogP contribution >= 0.6 is 11.6 Å². The van der Waals surface area contributed by atoms with Crippen LogP contribution in [0.1, 0.15) is 24.8 Å². The second kappa shape index (κ2) is 4.69. The van der Waals surface area contributed by atoms with E-state index >= 15 is 0 Å². The van der Waals surface area contributed by atoms with Crippen molar-refractivity contribution in [3.8, 4) is 5.75 Å². The summed E-state index contributed by atoms with van der Waals surface area (Å²) in [5.74, 6) is 0.944. The number of benzene rings is 2. The molecule has 2 aromatic rings. The van der Waals surface area contributed by atoms with Gasteiger partial charge in [-0.15, -0.1) is 0 Å². The van der Waals surface area contributed by atoms with Crippen LogP contribution in [0.15, 0.2) is 30.3 Å². The van der Waals surface area contributed by atoms with E-state index in [0.29, 0.717) is 6.54 Å². The van der Waals surface area contributed by atoms with E-state index in [0.717, 1.165) is 34.4 Å². The first-order chi connectivity index (χ1) is 9.18. The van der Waals surface area contributed by atoms with E-state index < -0.39 is 0 Å². The standard InChI is InChI=1S/C16H18ClNO/c1-19-15-9-11-3-4-13(17)7-12(11)8-14(15)16(10-18)5-2-6-16/h3-4,7-9H,2,5-6,10,18H2,1H3. The summed E-state index contributed by atoms with van der Waals surface area (Å²) in [5, 5.41) is 3.07. The van der Waals surface area contributed by atoms with E-state index in [-0.39, 0.29) is 5.41 Å². The van der Waals surface area contributed by atoms with Gasteiger partial charge in [-0.25, -0.2) is 0 Å². The second-order valence-electron chi connectivity index (χ2n) is 5.38. The van der Waals surface area contributed by atoms with Crippen LogP contribution in [-0.4, -0.2) is 13.7 Å². The Morgan fingerprint density at radius 2 is 2.00 bits per heavy atom. The molecule has 2 nitrogen and oxygen atoms in total. The van der Waals surface area contributed by atoms with Crippen molar-refractivity contribution < 1.29 is 4.74 Å². The minimum Gasteiger partial charge on any atom is -0.496 e. The number of halogens is 1. The molecule has 1 fully saturated rings. The van der Waals surface area contributed by atoms with E-state index in [1.807, 2.05) is 18.2 Å². The Balaban J connectivity index is 2.21. The zero-order chi connectivity index (χ0) is 13.5. The van der Waals surface area contributed by atoms with E-state index in [9.17, 15) is 0 Å². The molecule has 0 spiro atoms. The summed E-state index contributed by atoms with van der Waals surface area (Å²) in [6.45, 7) is 0.676. The molecule has 0 radical (unpaired) electrons. The fourth-order valence-corrected chi connectivity index (χ4v) is 3.20. The maximum atomic E-state index is 6.08. The van der Waals surface area contributed by atoms with Gasteiger partial charge in [-0.05, 0) is 47.9 Å². The summed E-state index contributed by atoms with van der Waals surface area (Å²) in [7, 11) is 1.73. The molecule has 3 heteroatoms. The molecular weight excluding hydrogens is 258 g/mol.